The van der Waals surface area contributed by atoms with Crippen LogP contribution in [0.2, 0.25) is 0 Å². The molecule has 0 spiro atoms. The van der Waals surface area contributed by atoms with Gasteiger partial charge in [-0.15, -0.1) is 16.9 Å². The highest BCUT2D eigenvalue weighted by atomic mass is 32.2. The fourth-order valence-electron chi connectivity index (χ4n) is 2.57. The van der Waals surface area contributed by atoms with Gasteiger partial charge in [-0.1, -0.05) is 0 Å². The van der Waals surface area contributed by atoms with Crippen LogP contribution >= 0.6 is 11.8 Å². The fraction of sp³-hybridized carbons (Fsp3) is 0.417. The molecule has 0 saturated carbocycles. The summed E-state index contributed by atoms with van der Waals surface area (Å²) in [5, 5.41) is 21.7. The number of hydrogen-bond acceptors (Lipinski definition) is 9. The second kappa shape index (κ2) is 6.99. The summed E-state index contributed by atoms with van der Waals surface area (Å²) in [6, 6.07) is -0.864. The van der Waals surface area contributed by atoms with Crippen molar-refractivity contribution in [3.63, 3.8) is 0 Å². The number of nitrogens with zero attached hydrogens (tertiary/aromatic N) is 5. The molecule has 1 aromatic rings. The molecular weight excluding hydrogens is 370 g/mol. The summed E-state index contributed by atoms with van der Waals surface area (Å²) in [5.74, 6) is -2.17. The number of thioether (sulfide) groups is 1. The normalized spacial score (nSPS) is 21.7. The Morgan fingerprint density at radius 1 is 1.46 bits per heavy atom. The van der Waals surface area contributed by atoms with Crippen molar-refractivity contribution in [3.05, 3.63) is 17.6 Å². The van der Waals surface area contributed by atoms with Gasteiger partial charge >= 0.3 is 12.1 Å². The number of hydrogen-bond donors (Lipinski definition) is 3. The van der Waals surface area contributed by atoms with Crippen LogP contribution in [0.15, 0.2) is 17.6 Å². The summed E-state index contributed by atoms with van der Waals surface area (Å²) in [7, 11) is 0. The van der Waals surface area contributed by atoms with Crippen LogP contribution in [0.5, 0.6) is 0 Å². The van der Waals surface area contributed by atoms with Gasteiger partial charge in [0.15, 0.2) is 0 Å². The van der Waals surface area contributed by atoms with Crippen LogP contribution in [0.4, 0.5) is 4.79 Å². The van der Waals surface area contributed by atoms with Crippen molar-refractivity contribution in [2.24, 2.45) is 5.73 Å². The number of primary amides is 1. The number of nitrogens with two attached hydrogens (primary N) is 1. The molecule has 3 rings (SSSR count). The molecule has 0 aliphatic carbocycles. The summed E-state index contributed by atoms with van der Waals surface area (Å²) in [6.45, 7) is -0.496. The molecule has 3 amide bonds. The Labute approximate surface area is 149 Å². The number of aromatic nitrogens is 4. The van der Waals surface area contributed by atoms with E-state index in [1.165, 1.54) is 22.8 Å². The number of carbonyl (C=O) groups is 4. The predicted molar refractivity (Wildman–Crippen MR) is 83.0 cm³/mol. The minimum atomic E-state index is -1.33. The number of β-lactam (4-membered cyclic amide) rings is 1. The van der Waals surface area contributed by atoms with Gasteiger partial charge in [0.25, 0.3) is 5.91 Å². The number of tetrazole rings is 1. The molecule has 1 unspecified atom stereocenters. The molecule has 4 N–H and O–H groups in total. The molecule has 0 aromatic carbocycles. The third-order valence-electron chi connectivity index (χ3n) is 3.65. The number of nitrogens with one attached hydrogen (secondary N) is 1. The van der Waals surface area contributed by atoms with E-state index in [9.17, 15) is 24.3 Å². The van der Waals surface area contributed by atoms with E-state index in [0.717, 1.165) is 4.90 Å². The lowest BCUT2D eigenvalue weighted by atomic mass is 10.0. The Morgan fingerprint density at radius 3 is 2.85 bits per heavy atom. The largest absolute Gasteiger partial charge is 0.477 e. The Bertz CT molecular complexity index is 794. The van der Waals surface area contributed by atoms with E-state index in [-0.39, 0.29) is 30.2 Å². The average Bonchev–Trinajstić information content (AvgIpc) is 3.09. The van der Waals surface area contributed by atoms with Crippen molar-refractivity contribution in [2.45, 2.75) is 18.0 Å². The summed E-state index contributed by atoms with van der Waals surface area (Å²) in [5.41, 5.74) is 4.88. The molecule has 1 fully saturated rings. The van der Waals surface area contributed by atoms with Crippen LogP contribution in [0.3, 0.4) is 0 Å². The van der Waals surface area contributed by atoms with E-state index in [4.69, 9.17) is 5.73 Å². The van der Waals surface area contributed by atoms with Crippen molar-refractivity contribution in [1.29, 1.82) is 0 Å². The van der Waals surface area contributed by atoms with E-state index in [1.807, 2.05) is 0 Å². The summed E-state index contributed by atoms with van der Waals surface area (Å²) < 4.78 is 5.82. The minimum Gasteiger partial charge on any atom is -0.477 e. The topological polar surface area (TPSA) is 183 Å². The van der Waals surface area contributed by atoms with Gasteiger partial charge in [-0.05, 0) is 10.4 Å². The molecule has 2 atom stereocenters. The zero-order chi connectivity index (χ0) is 18.8. The lowest BCUT2D eigenvalue weighted by Crippen LogP contribution is -2.70. The van der Waals surface area contributed by atoms with E-state index >= 15 is 0 Å². The Balaban J connectivity index is 1.69. The number of carboxylic acid groups (broad SMARTS) is 1. The number of aliphatic carboxylic acids is 1. The summed E-state index contributed by atoms with van der Waals surface area (Å²) in [6.07, 6.45) is 0.206. The van der Waals surface area contributed by atoms with Gasteiger partial charge in [-0.2, -0.15) is 0 Å². The van der Waals surface area contributed by atoms with Gasteiger partial charge in [0.05, 0.1) is 0 Å². The lowest BCUT2D eigenvalue weighted by molar-refractivity contribution is -0.150. The maximum Gasteiger partial charge on any atom is 0.404 e. The van der Waals surface area contributed by atoms with Crippen LogP contribution in [-0.4, -0.2) is 77.9 Å². The standard InChI is InChI=1S/C12H13N7O6S/c13-12(24)25-2-5-3-26-10-7(9(21)19(10)8(5)11(22)23)15-6(20)1-18-4-14-16-17-18/h4,7,10H,1-3H2,(H2,13,24)(H,15,20)(H,22,23)/t7?,10-/m0/s1. The number of rotatable bonds is 6. The molecule has 26 heavy (non-hydrogen) atoms. The second-order valence-corrected chi connectivity index (χ2v) is 6.43. The van der Waals surface area contributed by atoms with Crippen molar-refractivity contribution >= 4 is 35.6 Å². The Kier molecular flexibility index (Phi) is 4.75. The van der Waals surface area contributed by atoms with Crippen LogP contribution in [-0.2, 0) is 25.7 Å². The van der Waals surface area contributed by atoms with Crippen molar-refractivity contribution in [2.75, 3.05) is 12.4 Å². The number of ether oxygens (including phenoxy) is 1. The maximum absolute atomic E-state index is 12.4. The number of carbonyl (C=O) groups excluding carboxylic acids is 3. The van der Waals surface area contributed by atoms with Gasteiger partial charge in [0.1, 0.15) is 36.6 Å². The third-order valence-corrected chi connectivity index (χ3v) is 4.99. The average molecular weight is 383 g/mol. The van der Waals surface area contributed by atoms with Gasteiger partial charge < -0.3 is 20.9 Å². The van der Waals surface area contributed by atoms with Crippen molar-refractivity contribution in [1.82, 2.24) is 30.4 Å². The number of carboxylic acids is 1. The maximum atomic E-state index is 12.4. The van der Waals surface area contributed by atoms with Crippen LogP contribution in [0, 0.1) is 0 Å². The summed E-state index contributed by atoms with van der Waals surface area (Å²) >= 11 is 1.25. The molecule has 138 valence electrons. The zero-order valence-electron chi connectivity index (χ0n) is 13.1. The molecule has 13 nitrogen and oxygen atoms in total. The summed E-state index contributed by atoms with van der Waals surface area (Å²) in [4.78, 5) is 47.7. The molecule has 2 aliphatic rings. The van der Waals surface area contributed by atoms with Gasteiger partial charge in [-0.25, -0.2) is 14.3 Å². The van der Waals surface area contributed by atoms with Crippen LogP contribution in [0.1, 0.15) is 0 Å². The lowest BCUT2D eigenvalue weighted by Gasteiger charge is -2.49. The van der Waals surface area contributed by atoms with Gasteiger partial charge in [0, 0.05) is 11.3 Å². The number of fused-ring (bicyclic) bond motifs is 1. The van der Waals surface area contributed by atoms with Crippen LogP contribution in [0.25, 0.3) is 0 Å². The molecule has 3 heterocycles. The molecule has 1 aromatic heterocycles. The minimum absolute atomic E-state index is 0.173. The van der Waals surface area contributed by atoms with E-state index in [0.29, 0.717) is 0 Å². The molecule has 14 heteroatoms. The molecular formula is C12H13N7O6S. The first-order valence-corrected chi connectivity index (χ1v) is 8.25. The molecule has 0 bridgehead atoms. The second-order valence-electron chi connectivity index (χ2n) is 5.33. The number of amides is 3. The first-order valence-electron chi connectivity index (χ1n) is 7.21. The first-order chi connectivity index (χ1) is 12.4. The molecule has 1 saturated heterocycles. The Hall–Kier alpha value is -3.16. The third kappa shape index (κ3) is 3.30. The van der Waals surface area contributed by atoms with Crippen LogP contribution < -0.4 is 11.1 Å². The van der Waals surface area contributed by atoms with Crippen molar-refractivity contribution in [3.8, 4) is 0 Å². The quantitative estimate of drug-likeness (QED) is 0.444. The smallest absolute Gasteiger partial charge is 0.404 e. The first kappa shape index (κ1) is 17.7. The molecule has 2 aliphatic heterocycles. The van der Waals surface area contributed by atoms with E-state index in [1.54, 1.807) is 0 Å². The van der Waals surface area contributed by atoms with Crippen molar-refractivity contribution < 1.29 is 29.0 Å². The monoisotopic (exact) mass is 383 g/mol. The fourth-order valence-corrected chi connectivity index (χ4v) is 3.90. The van der Waals surface area contributed by atoms with E-state index in [2.05, 4.69) is 25.6 Å². The van der Waals surface area contributed by atoms with E-state index < -0.39 is 35.3 Å². The SMILES string of the molecule is NC(=O)OCC1=C(C(=O)O)N2C(=O)C(NC(=O)Cn3cnnn3)[C@@H]2SC1. The van der Waals surface area contributed by atoms with Gasteiger partial charge in [-0.3, -0.25) is 14.5 Å². The highest BCUT2D eigenvalue weighted by molar-refractivity contribution is 8.00. The highest BCUT2D eigenvalue weighted by Gasteiger charge is 2.54. The zero-order valence-corrected chi connectivity index (χ0v) is 13.9. The predicted octanol–water partition coefficient (Wildman–Crippen LogP) is -2.49. The molecule has 0 radical (unpaired) electrons. The Morgan fingerprint density at radius 2 is 2.23 bits per heavy atom. The highest BCUT2D eigenvalue weighted by Crippen LogP contribution is 2.40. The van der Waals surface area contributed by atoms with Gasteiger partial charge in [0.2, 0.25) is 5.91 Å².